The SMILES string of the molecule is O=C(Cc1coc(-c2cccs2)n1)O[C@@H]1CCSC1. The average Bonchev–Trinajstić information content (AvgIpc) is 3.09. The first kappa shape index (κ1) is 12.7. The molecule has 1 atom stereocenters. The Kier molecular flexibility index (Phi) is 3.89. The fraction of sp³-hybridized carbons (Fsp3) is 0.385. The van der Waals surface area contributed by atoms with Gasteiger partial charge in [-0.2, -0.15) is 11.8 Å². The van der Waals surface area contributed by atoms with E-state index in [9.17, 15) is 4.79 Å². The van der Waals surface area contributed by atoms with Gasteiger partial charge < -0.3 is 9.15 Å². The number of rotatable bonds is 4. The molecule has 0 amide bonds. The Balaban J connectivity index is 1.59. The fourth-order valence-electron chi connectivity index (χ4n) is 1.88. The van der Waals surface area contributed by atoms with Crippen molar-refractivity contribution in [1.82, 2.24) is 4.98 Å². The maximum absolute atomic E-state index is 11.8. The van der Waals surface area contributed by atoms with Crippen molar-refractivity contribution in [2.75, 3.05) is 11.5 Å². The van der Waals surface area contributed by atoms with Gasteiger partial charge in [0, 0.05) is 5.75 Å². The maximum atomic E-state index is 11.8. The molecule has 2 aromatic rings. The van der Waals surface area contributed by atoms with Crippen LogP contribution >= 0.6 is 23.1 Å². The molecule has 0 spiro atoms. The van der Waals surface area contributed by atoms with Crippen LogP contribution in [-0.4, -0.2) is 28.6 Å². The lowest BCUT2D eigenvalue weighted by Gasteiger charge is -2.09. The van der Waals surface area contributed by atoms with Gasteiger partial charge in [0.25, 0.3) is 0 Å². The van der Waals surface area contributed by atoms with Gasteiger partial charge in [-0.05, 0) is 23.6 Å². The smallest absolute Gasteiger partial charge is 0.312 e. The number of esters is 1. The van der Waals surface area contributed by atoms with E-state index in [0.29, 0.717) is 11.6 Å². The largest absolute Gasteiger partial charge is 0.461 e. The number of ether oxygens (including phenoxy) is 1. The van der Waals surface area contributed by atoms with E-state index in [1.165, 1.54) is 6.26 Å². The molecule has 0 aliphatic carbocycles. The van der Waals surface area contributed by atoms with Crippen LogP contribution in [-0.2, 0) is 16.0 Å². The van der Waals surface area contributed by atoms with Crippen LogP contribution in [0.2, 0.25) is 0 Å². The summed E-state index contributed by atoms with van der Waals surface area (Å²) in [5.74, 6) is 2.32. The van der Waals surface area contributed by atoms with Gasteiger partial charge in [0.1, 0.15) is 12.4 Å². The highest BCUT2D eigenvalue weighted by atomic mass is 32.2. The third kappa shape index (κ3) is 3.19. The maximum Gasteiger partial charge on any atom is 0.312 e. The molecule has 6 heteroatoms. The summed E-state index contributed by atoms with van der Waals surface area (Å²) in [5, 5.41) is 1.96. The minimum atomic E-state index is -0.224. The second-order valence-electron chi connectivity index (χ2n) is 4.27. The topological polar surface area (TPSA) is 52.3 Å². The molecule has 2 aromatic heterocycles. The fourth-order valence-corrected chi connectivity index (χ4v) is 3.63. The molecule has 0 aromatic carbocycles. The molecule has 3 heterocycles. The predicted molar refractivity (Wildman–Crippen MR) is 75.3 cm³/mol. The molecule has 0 unspecified atom stereocenters. The van der Waals surface area contributed by atoms with Crippen molar-refractivity contribution >= 4 is 29.1 Å². The number of hydrogen-bond donors (Lipinski definition) is 0. The number of hydrogen-bond acceptors (Lipinski definition) is 6. The van der Waals surface area contributed by atoms with Crippen LogP contribution in [0.3, 0.4) is 0 Å². The molecule has 0 N–H and O–H groups in total. The third-order valence-corrected chi connectivity index (χ3v) is 4.78. The van der Waals surface area contributed by atoms with Gasteiger partial charge in [-0.25, -0.2) is 4.98 Å². The van der Waals surface area contributed by atoms with Crippen LogP contribution in [0.5, 0.6) is 0 Å². The molecule has 1 fully saturated rings. The van der Waals surface area contributed by atoms with E-state index in [1.807, 2.05) is 29.3 Å². The molecule has 1 saturated heterocycles. The molecule has 1 aliphatic rings. The van der Waals surface area contributed by atoms with Gasteiger partial charge in [0.05, 0.1) is 17.0 Å². The molecule has 0 radical (unpaired) electrons. The van der Waals surface area contributed by atoms with Crippen LogP contribution in [0.15, 0.2) is 28.2 Å². The first-order chi connectivity index (χ1) is 9.31. The van der Waals surface area contributed by atoms with Gasteiger partial charge >= 0.3 is 5.97 Å². The summed E-state index contributed by atoms with van der Waals surface area (Å²) in [4.78, 5) is 17.0. The Morgan fingerprint density at radius 3 is 3.26 bits per heavy atom. The van der Waals surface area contributed by atoms with Crippen molar-refractivity contribution in [1.29, 1.82) is 0 Å². The zero-order valence-corrected chi connectivity index (χ0v) is 11.8. The van der Waals surface area contributed by atoms with Crippen LogP contribution < -0.4 is 0 Å². The summed E-state index contributed by atoms with van der Waals surface area (Å²) in [6.45, 7) is 0. The Labute approximate surface area is 119 Å². The first-order valence-corrected chi connectivity index (χ1v) is 8.10. The summed E-state index contributed by atoms with van der Waals surface area (Å²) in [7, 11) is 0. The number of thiophene rings is 1. The van der Waals surface area contributed by atoms with E-state index < -0.39 is 0 Å². The van der Waals surface area contributed by atoms with Crippen molar-refractivity contribution in [3.8, 4) is 10.8 Å². The van der Waals surface area contributed by atoms with Crippen LogP contribution in [0.4, 0.5) is 0 Å². The Morgan fingerprint density at radius 2 is 2.53 bits per heavy atom. The molecule has 1 aliphatic heterocycles. The number of carbonyl (C=O) groups is 1. The van der Waals surface area contributed by atoms with Crippen molar-refractivity contribution < 1.29 is 13.9 Å². The zero-order valence-electron chi connectivity index (χ0n) is 10.2. The summed E-state index contributed by atoms with van der Waals surface area (Å²) >= 11 is 3.38. The normalized spacial score (nSPS) is 18.6. The highest BCUT2D eigenvalue weighted by Crippen LogP contribution is 2.24. The van der Waals surface area contributed by atoms with E-state index in [0.717, 1.165) is 22.8 Å². The highest BCUT2D eigenvalue weighted by Gasteiger charge is 2.20. The van der Waals surface area contributed by atoms with E-state index >= 15 is 0 Å². The van der Waals surface area contributed by atoms with E-state index in [1.54, 1.807) is 11.3 Å². The van der Waals surface area contributed by atoms with Crippen molar-refractivity contribution in [2.45, 2.75) is 18.9 Å². The second kappa shape index (κ2) is 5.79. The van der Waals surface area contributed by atoms with E-state index in [2.05, 4.69) is 4.98 Å². The minimum absolute atomic E-state index is 0.0705. The van der Waals surface area contributed by atoms with Gasteiger partial charge in [-0.1, -0.05) is 6.07 Å². The van der Waals surface area contributed by atoms with Gasteiger partial charge in [-0.3, -0.25) is 4.79 Å². The molecular weight excluding hydrogens is 282 g/mol. The van der Waals surface area contributed by atoms with E-state index in [-0.39, 0.29) is 18.5 Å². The van der Waals surface area contributed by atoms with Gasteiger partial charge in [0.2, 0.25) is 5.89 Å². The van der Waals surface area contributed by atoms with Crippen molar-refractivity contribution in [3.05, 3.63) is 29.5 Å². The molecule has 0 bridgehead atoms. The van der Waals surface area contributed by atoms with Crippen LogP contribution in [0.25, 0.3) is 10.8 Å². The van der Waals surface area contributed by atoms with Crippen molar-refractivity contribution in [2.24, 2.45) is 0 Å². The number of oxazole rings is 1. The Morgan fingerprint density at radius 1 is 1.58 bits per heavy atom. The average molecular weight is 295 g/mol. The quantitative estimate of drug-likeness (QED) is 0.812. The number of nitrogens with zero attached hydrogens (tertiary/aromatic N) is 1. The summed E-state index contributed by atoms with van der Waals surface area (Å²) in [5.41, 5.74) is 0.624. The number of carbonyl (C=O) groups excluding carboxylic acids is 1. The minimum Gasteiger partial charge on any atom is -0.461 e. The molecular formula is C13H13NO3S2. The number of thioether (sulfide) groups is 1. The number of aromatic nitrogens is 1. The summed E-state index contributed by atoms with van der Waals surface area (Å²) in [6.07, 6.45) is 2.73. The lowest BCUT2D eigenvalue weighted by Crippen LogP contribution is -2.18. The van der Waals surface area contributed by atoms with Crippen molar-refractivity contribution in [3.63, 3.8) is 0 Å². The predicted octanol–water partition coefficient (Wildman–Crippen LogP) is 2.99. The van der Waals surface area contributed by atoms with Gasteiger partial charge in [0.15, 0.2) is 0 Å². The lowest BCUT2D eigenvalue weighted by atomic mass is 10.3. The first-order valence-electron chi connectivity index (χ1n) is 6.07. The monoisotopic (exact) mass is 295 g/mol. The second-order valence-corrected chi connectivity index (χ2v) is 6.37. The van der Waals surface area contributed by atoms with Crippen LogP contribution in [0.1, 0.15) is 12.1 Å². The summed E-state index contributed by atoms with van der Waals surface area (Å²) in [6, 6.07) is 3.88. The molecule has 0 saturated carbocycles. The highest BCUT2D eigenvalue weighted by molar-refractivity contribution is 7.99. The van der Waals surface area contributed by atoms with Crippen LogP contribution in [0, 0.1) is 0 Å². The Hall–Kier alpha value is -1.27. The molecule has 100 valence electrons. The summed E-state index contributed by atoms with van der Waals surface area (Å²) < 4.78 is 10.7. The molecule has 19 heavy (non-hydrogen) atoms. The molecule has 3 rings (SSSR count). The standard InChI is InChI=1S/C13H13NO3S2/c15-12(17-10-3-5-18-8-10)6-9-7-16-13(14-9)11-2-1-4-19-11/h1-2,4,7,10H,3,5-6,8H2/t10-/m1/s1. The van der Waals surface area contributed by atoms with E-state index in [4.69, 9.17) is 9.15 Å². The molecule has 4 nitrogen and oxygen atoms in total. The lowest BCUT2D eigenvalue weighted by molar-refractivity contribution is -0.147. The van der Waals surface area contributed by atoms with Gasteiger partial charge in [-0.15, -0.1) is 11.3 Å². The Bertz CT molecular complexity index is 544. The zero-order chi connectivity index (χ0) is 13.1. The third-order valence-electron chi connectivity index (χ3n) is 2.80.